The van der Waals surface area contributed by atoms with E-state index in [1.54, 1.807) is 6.20 Å². The molecule has 0 saturated heterocycles. The number of benzene rings is 1. The van der Waals surface area contributed by atoms with Crippen molar-refractivity contribution in [3.63, 3.8) is 0 Å². The third-order valence-corrected chi connectivity index (χ3v) is 3.16. The van der Waals surface area contributed by atoms with Gasteiger partial charge in [-0.2, -0.15) is 0 Å². The highest BCUT2D eigenvalue weighted by molar-refractivity contribution is 5.70. The average molecular weight is 289 g/mol. The van der Waals surface area contributed by atoms with Crippen molar-refractivity contribution in [3.05, 3.63) is 42.5 Å². The molecule has 2 rings (SSSR count). The Kier molecular flexibility index (Phi) is 4.81. The van der Waals surface area contributed by atoms with Gasteiger partial charge in [0.1, 0.15) is 11.6 Å². The van der Waals surface area contributed by atoms with Gasteiger partial charge in [0.15, 0.2) is 6.61 Å². The summed E-state index contributed by atoms with van der Waals surface area (Å²) in [5.41, 5.74) is 1.04. The Morgan fingerprint density at radius 2 is 2.05 bits per heavy atom. The number of methoxy groups -OCH3 is 1. The fraction of sp³-hybridized carbons (Fsp3) is 0.333. The maximum absolute atomic E-state index is 11.0. The van der Waals surface area contributed by atoms with E-state index in [4.69, 9.17) is 4.74 Å². The number of ether oxygens (including phenoxy) is 2. The van der Waals surface area contributed by atoms with Crippen molar-refractivity contribution < 1.29 is 14.3 Å². The zero-order valence-electron chi connectivity index (χ0n) is 12.4. The molecule has 1 heterocycles. The van der Waals surface area contributed by atoms with Gasteiger partial charge in [-0.15, -0.1) is 0 Å². The minimum atomic E-state index is -0.397. The molecule has 6 nitrogen and oxygen atoms in total. The topological polar surface area (TPSA) is 56.6 Å². The molecule has 1 aromatic carbocycles. The average Bonchev–Trinajstić information content (AvgIpc) is 2.90. The van der Waals surface area contributed by atoms with E-state index >= 15 is 0 Å². The van der Waals surface area contributed by atoms with Crippen LogP contribution in [0, 0.1) is 0 Å². The number of nitrogens with zero attached hydrogens (tertiary/aromatic N) is 3. The van der Waals surface area contributed by atoms with Gasteiger partial charge in [-0.05, 0) is 24.3 Å². The first-order valence-corrected chi connectivity index (χ1v) is 6.57. The van der Waals surface area contributed by atoms with E-state index in [0.717, 1.165) is 11.5 Å². The summed E-state index contributed by atoms with van der Waals surface area (Å²) in [4.78, 5) is 17.4. The molecule has 0 aliphatic heterocycles. The van der Waals surface area contributed by atoms with Crippen LogP contribution < -0.4 is 9.64 Å². The Morgan fingerprint density at radius 3 is 2.62 bits per heavy atom. The highest BCUT2D eigenvalue weighted by Gasteiger charge is 2.07. The van der Waals surface area contributed by atoms with Crippen molar-refractivity contribution in [1.82, 2.24) is 9.55 Å². The Labute approximate surface area is 123 Å². The number of anilines is 1. The summed E-state index contributed by atoms with van der Waals surface area (Å²) in [6, 6.07) is 7.53. The summed E-state index contributed by atoms with van der Waals surface area (Å²) in [6.07, 6.45) is 3.71. The van der Waals surface area contributed by atoms with E-state index in [1.165, 1.54) is 7.11 Å². The zero-order chi connectivity index (χ0) is 15.2. The normalized spacial score (nSPS) is 10.2. The lowest BCUT2D eigenvalue weighted by Gasteiger charge is -2.19. The maximum Gasteiger partial charge on any atom is 0.343 e. The van der Waals surface area contributed by atoms with Crippen molar-refractivity contribution in [2.24, 2.45) is 7.05 Å². The summed E-state index contributed by atoms with van der Waals surface area (Å²) in [5.74, 6) is 1.23. The van der Waals surface area contributed by atoms with Gasteiger partial charge in [0.2, 0.25) is 0 Å². The summed E-state index contributed by atoms with van der Waals surface area (Å²) >= 11 is 0. The molecule has 0 amide bonds. The fourth-order valence-electron chi connectivity index (χ4n) is 1.85. The van der Waals surface area contributed by atoms with E-state index in [-0.39, 0.29) is 6.61 Å². The molecule has 0 bridgehead atoms. The molecular weight excluding hydrogens is 270 g/mol. The molecule has 0 atom stereocenters. The van der Waals surface area contributed by atoms with Crippen LogP contribution in [0.1, 0.15) is 5.82 Å². The number of carbonyl (C=O) groups is 1. The van der Waals surface area contributed by atoms with Crippen LogP contribution in [0.25, 0.3) is 0 Å². The van der Waals surface area contributed by atoms with Crippen LogP contribution in [0.3, 0.4) is 0 Å². The van der Waals surface area contributed by atoms with E-state index in [1.807, 2.05) is 49.1 Å². The van der Waals surface area contributed by atoms with Crippen molar-refractivity contribution >= 4 is 11.7 Å². The van der Waals surface area contributed by atoms with Gasteiger partial charge in [0.05, 0.1) is 13.7 Å². The number of esters is 1. The number of aryl methyl sites for hydroxylation is 1. The van der Waals surface area contributed by atoms with Gasteiger partial charge in [-0.25, -0.2) is 9.78 Å². The van der Waals surface area contributed by atoms with Crippen LogP contribution in [-0.2, 0) is 23.1 Å². The van der Waals surface area contributed by atoms with Crippen LogP contribution >= 0.6 is 0 Å². The molecule has 0 unspecified atom stereocenters. The molecule has 0 radical (unpaired) electrons. The third kappa shape index (κ3) is 3.98. The second-order valence-electron chi connectivity index (χ2n) is 4.67. The monoisotopic (exact) mass is 289 g/mol. The molecular formula is C15H19N3O3. The predicted octanol–water partition coefficient (Wildman–Crippen LogP) is 1.61. The van der Waals surface area contributed by atoms with Crippen molar-refractivity contribution in [2.45, 2.75) is 6.54 Å². The molecule has 2 aromatic rings. The molecule has 0 aliphatic carbocycles. The lowest BCUT2D eigenvalue weighted by molar-refractivity contribution is -0.142. The van der Waals surface area contributed by atoms with E-state index in [0.29, 0.717) is 12.3 Å². The third-order valence-electron chi connectivity index (χ3n) is 3.16. The summed E-state index contributed by atoms with van der Waals surface area (Å²) in [5, 5.41) is 0. The van der Waals surface area contributed by atoms with Gasteiger partial charge in [-0.3, -0.25) is 0 Å². The number of aromatic nitrogens is 2. The quantitative estimate of drug-likeness (QED) is 0.756. The maximum atomic E-state index is 11.0. The standard InChI is InChI=1S/C15H19N3O3/c1-17-9-8-16-14(17)10-18(2)12-4-6-13(7-5-12)21-11-15(19)20-3/h4-9H,10-11H2,1-3H3. The highest BCUT2D eigenvalue weighted by Crippen LogP contribution is 2.19. The molecule has 0 spiro atoms. The second kappa shape index (κ2) is 6.78. The Bertz CT molecular complexity index is 592. The first kappa shape index (κ1) is 14.9. The predicted molar refractivity (Wildman–Crippen MR) is 79.3 cm³/mol. The first-order chi connectivity index (χ1) is 10.1. The molecule has 1 aromatic heterocycles. The highest BCUT2D eigenvalue weighted by atomic mass is 16.6. The van der Waals surface area contributed by atoms with Gasteiger partial charge >= 0.3 is 5.97 Å². The summed E-state index contributed by atoms with van der Waals surface area (Å²) in [7, 11) is 5.31. The number of carbonyl (C=O) groups excluding carboxylic acids is 1. The SMILES string of the molecule is COC(=O)COc1ccc(N(C)Cc2nccn2C)cc1. The van der Waals surface area contributed by atoms with E-state index < -0.39 is 5.97 Å². The Hall–Kier alpha value is -2.50. The van der Waals surface area contributed by atoms with Crippen LogP contribution in [0.5, 0.6) is 5.75 Å². The first-order valence-electron chi connectivity index (χ1n) is 6.57. The number of hydrogen-bond donors (Lipinski definition) is 0. The summed E-state index contributed by atoms with van der Waals surface area (Å²) in [6.45, 7) is 0.630. The molecule has 0 N–H and O–H groups in total. The minimum absolute atomic E-state index is 0.0844. The van der Waals surface area contributed by atoms with Crippen molar-refractivity contribution in [3.8, 4) is 5.75 Å². The van der Waals surface area contributed by atoms with Crippen LogP contribution in [-0.4, -0.2) is 36.3 Å². The van der Waals surface area contributed by atoms with Gasteiger partial charge in [-0.1, -0.05) is 0 Å². The number of imidazole rings is 1. The summed E-state index contributed by atoms with van der Waals surface area (Å²) < 4.78 is 11.8. The molecule has 0 aliphatic rings. The molecule has 0 fully saturated rings. The Morgan fingerprint density at radius 1 is 1.33 bits per heavy atom. The van der Waals surface area contributed by atoms with Crippen LogP contribution in [0.15, 0.2) is 36.7 Å². The van der Waals surface area contributed by atoms with Gasteiger partial charge < -0.3 is 18.9 Å². The minimum Gasteiger partial charge on any atom is -0.482 e. The Balaban J connectivity index is 1.95. The van der Waals surface area contributed by atoms with Gasteiger partial charge in [0.25, 0.3) is 0 Å². The molecule has 112 valence electrons. The molecule has 21 heavy (non-hydrogen) atoms. The van der Waals surface area contributed by atoms with Crippen LogP contribution in [0.4, 0.5) is 5.69 Å². The number of hydrogen-bond acceptors (Lipinski definition) is 5. The van der Waals surface area contributed by atoms with Gasteiger partial charge in [0, 0.05) is 32.2 Å². The smallest absolute Gasteiger partial charge is 0.343 e. The van der Waals surface area contributed by atoms with E-state index in [2.05, 4.69) is 14.6 Å². The fourth-order valence-corrected chi connectivity index (χ4v) is 1.85. The van der Waals surface area contributed by atoms with Crippen molar-refractivity contribution in [1.29, 1.82) is 0 Å². The molecule has 0 saturated carbocycles. The van der Waals surface area contributed by atoms with Crippen molar-refractivity contribution in [2.75, 3.05) is 25.7 Å². The number of rotatable bonds is 6. The second-order valence-corrected chi connectivity index (χ2v) is 4.67. The van der Waals surface area contributed by atoms with E-state index in [9.17, 15) is 4.79 Å². The van der Waals surface area contributed by atoms with Crippen LogP contribution in [0.2, 0.25) is 0 Å². The lowest BCUT2D eigenvalue weighted by atomic mass is 10.3. The molecule has 6 heteroatoms. The largest absolute Gasteiger partial charge is 0.482 e. The zero-order valence-corrected chi connectivity index (χ0v) is 12.4. The lowest BCUT2D eigenvalue weighted by Crippen LogP contribution is -2.19.